The Hall–Kier alpha value is -2.05. The van der Waals surface area contributed by atoms with Gasteiger partial charge in [0.05, 0.1) is 11.5 Å². The lowest BCUT2D eigenvalue weighted by molar-refractivity contribution is -0.144. The molecular weight excluding hydrogens is 365 g/mol. The zero-order valence-electron chi connectivity index (χ0n) is 13.8. The van der Waals surface area contributed by atoms with E-state index in [2.05, 4.69) is 5.32 Å². The number of hydrogen-bond donors (Lipinski definition) is 1. The molecule has 6 nitrogen and oxygen atoms in total. The number of nitriles is 1. The number of halogens is 1. The van der Waals surface area contributed by atoms with Gasteiger partial charge in [-0.2, -0.15) is 32.3 Å². The van der Waals surface area contributed by atoms with E-state index >= 15 is 0 Å². The lowest BCUT2D eigenvalue weighted by atomic mass is 10.0. The zero-order chi connectivity index (χ0) is 17.1. The summed E-state index contributed by atoms with van der Waals surface area (Å²) < 4.78 is 13.3. The Morgan fingerprint density at radius 3 is 2.52 bits per heavy atom. The molecule has 0 bridgehead atoms. The Kier molecular flexibility index (Phi) is 8.66. The van der Waals surface area contributed by atoms with Crippen molar-refractivity contribution in [2.45, 2.75) is 26.3 Å². The van der Waals surface area contributed by atoms with Crippen molar-refractivity contribution in [2.24, 2.45) is 5.92 Å². The Labute approximate surface area is 159 Å². The average Bonchev–Trinajstić information content (AvgIpc) is 2.89. The molecule has 2 atom stereocenters. The summed E-state index contributed by atoms with van der Waals surface area (Å²) in [5.74, 6) is -2.60. The third-order valence-corrected chi connectivity index (χ3v) is 4.01. The minimum Gasteiger partial charge on any atom is -0.333 e. The van der Waals surface area contributed by atoms with Crippen molar-refractivity contribution in [3.63, 3.8) is 0 Å². The van der Waals surface area contributed by atoms with Gasteiger partial charge >= 0.3 is 0 Å². The minimum absolute atomic E-state index is 0. The monoisotopic (exact) mass is 385 g/mol. The van der Waals surface area contributed by atoms with E-state index in [1.165, 1.54) is 24.0 Å². The van der Waals surface area contributed by atoms with Gasteiger partial charge in [-0.15, -0.1) is 0 Å². The summed E-state index contributed by atoms with van der Waals surface area (Å²) in [5.41, 5.74) is 0.159. The van der Waals surface area contributed by atoms with Crippen LogP contribution in [0.5, 0.6) is 0 Å². The van der Waals surface area contributed by atoms with Gasteiger partial charge in [-0.1, -0.05) is 0 Å². The van der Waals surface area contributed by atoms with Crippen molar-refractivity contribution < 1.29 is 18.8 Å². The number of rotatable bonds is 3. The van der Waals surface area contributed by atoms with Crippen LogP contribution in [0.3, 0.4) is 0 Å². The molecule has 0 unspecified atom stereocenters. The molecule has 0 spiro atoms. The van der Waals surface area contributed by atoms with Crippen LogP contribution < -0.4 is 5.32 Å². The summed E-state index contributed by atoms with van der Waals surface area (Å²) in [7, 11) is 0. The van der Waals surface area contributed by atoms with Gasteiger partial charge in [0.1, 0.15) is 11.9 Å². The number of anilines is 1. The molecule has 0 aromatic heterocycles. The molecule has 1 aromatic carbocycles. The van der Waals surface area contributed by atoms with E-state index in [-0.39, 0.29) is 38.5 Å². The van der Waals surface area contributed by atoms with Crippen LogP contribution in [0.25, 0.3) is 0 Å². The first-order valence-corrected chi connectivity index (χ1v) is 7.17. The number of hydrogen-bond acceptors (Lipinski definition) is 4. The quantitative estimate of drug-likeness (QED) is 0.802. The summed E-state index contributed by atoms with van der Waals surface area (Å²) >= 11 is 0. The van der Waals surface area contributed by atoms with Gasteiger partial charge in [0, 0.05) is 25.2 Å². The van der Waals surface area contributed by atoms with Crippen LogP contribution in [0.15, 0.2) is 18.2 Å². The van der Waals surface area contributed by atoms with Gasteiger partial charge < -0.3 is 10.2 Å². The topological polar surface area (TPSA) is 90.3 Å². The summed E-state index contributed by atoms with van der Waals surface area (Å²) in [6.07, 6.45) is 0.443. The predicted octanol–water partition coefficient (Wildman–Crippen LogP) is 1.69. The highest BCUT2D eigenvalue weighted by molar-refractivity contribution is 7.59. The standard InChI is InChI=1S/C16H16FN3O3.2H2S/c1-9-13(5-6-20(9)16(23)10(2)21)15(22)19-12-3-4-14(17)11(7-12)8-18;;/h3-4,7,9,13H,5-6H2,1-2H3,(H,19,22);2*1H2/t9-,13-;;/m0../s1. The van der Waals surface area contributed by atoms with E-state index in [0.29, 0.717) is 18.7 Å². The number of nitrogens with one attached hydrogen (secondary N) is 1. The molecule has 2 amide bonds. The van der Waals surface area contributed by atoms with Gasteiger partial charge in [-0.25, -0.2) is 4.39 Å². The van der Waals surface area contributed by atoms with E-state index in [1.54, 1.807) is 13.0 Å². The maximum absolute atomic E-state index is 13.3. The molecule has 2 rings (SSSR count). The van der Waals surface area contributed by atoms with Crippen molar-refractivity contribution >= 4 is 50.3 Å². The van der Waals surface area contributed by atoms with Crippen LogP contribution in [0, 0.1) is 23.1 Å². The number of likely N-dealkylation sites (tertiary alicyclic amines) is 1. The molecule has 1 aliphatic rings. The van der Waals surface area contributed by atoms with Crippen molar-refractivity contribution in [2.75, 3.05) is 11.9 Å². The fourth-order valence-corrected chi connectivity index (χ4v) is 2.70. The summed E-state index contributed by atoms with van der Waals surface area (Å²) in [5, 5.41) is 11.4. The fourth-order valence-electron chi connectivity index (χ4n) is 2.70. The first-order valence-electron chi connectivity index (χ1n) is 7.17. The second-order valence-electron chi connectivity index (χ2n) is 5.49. The number of carbonyl (C=O) groups excluding carboxylic acids is 3. The molecule has 1 aromatic rings. The highest BCUT2D eigenvalue weighted by Gasteiger charge is 2.39. The number of benzene rings is 1. The molecule has 1 saturated heterocycles. The van der Waals surface area contributed by atoms with Crippen molar-refractivity contribution in [3.05, 3.63) is 29.6 Å². The highest BCUT2D eigenvalue weighted by atomic mass is 32.1. The number of Topliss-reactive ketones (excluding diaryl/α,β-unsaturated/α-hetero) is 1. The van der Waals surface area contributed by atoms with Gasteiger partial charge in [-0.3, -0.25) is 14.4 Å². The van der Waals surface area contributed by atoms with Gasteiger partial charge in [0.2, 0.25) is 11.7 Å². The van der Waals surface area contributed by atoms with E-state index in [1.807, 2.05) is 0 Å². The second kappa shape index (κ2) is 9.44. The SMILES string of the molecule is CC(=O)C(=O)N1CC[C@H](C(=O)Nc2ccc(F)c(C#N)c2)[C@@H]1C.S.S. The van der Waals surface area contributed by atoms with E-state index in [9.17, 15) is 18.8 Å². The smallest absolute Gasteiger partial charge is 0.289 e. The summed E-state index contributed by atoms with van der Waals surface area (Å²) in [6, 6.07) is 5.04. The third-order valence-electron chi connectivity index (χ3n) is 4.01. The molecule has 25 heavy (non-hydrogen) atoms. The summed E-state index contributed by atoms with van der Waals surface area (Å²) in [4.78, 5) is 36.7. The number of carbonyl (C=O) groups is 3. The van der Waals surface area contributed by atoms with Gasteiger partial charge in [0.15, 0.2) is 0 Å². The van der Waals surface area contributed by atoms with Crippen LogP contribution in [0.4, 0.5) is 10.1 Å². The van der Waals surface area contributed by atoms with E-state index in [0.717, 1.165) is 6.07 Å². The van der Waals surface area contributed by atoms with Crippen LogP contribution in [0.1, 0.15) is 25.8 Å². The van der Waals surface area contributed by atoms with Crippen LogP contribution in [-0.2, 0) is 14.4 Å². The molecule has 1 aliphatic heterocycles. The molecule has 0 aliphatic carbocycles. The van der Waals surface area contributed by atoms with E-state index < -0.39 is 29.5 Å². The van der Waals surface area contributed by atoms with Crippen LogP contribution >= 0.6 is 27.0 Å². The molecule has 0 radical (unpaired) electrons. The normalized spacial score (nSPS) is 18.4. The largest absolute Gasteiger partial charge is 0.333 e. The maximum Gasteiger partial charge on any atom is 0.289 e. The average molecular weight is 385 g/mol. The lowest BCUT2D eigenvalue weighted by Crippen LogP contribution is -2.41. The third kappa shape index (κ3) is 4.96. The zero-order valence-corrected chi connectivity index (χ0v) is 15.8. The minimum atomic E-state index is -0.655. The van der Waals surface area contributed by atoms with Crippen molar-refractivity contribution in [1.29, 1.82) is 5.26 Å². The fraction of sp³-hybridized carbons (Fsp3) is 0.375. The van der Waals surface area contributed by atoms with Crippen LogP contribution in [0.2, 0.25) is 0 Å². The predicted molar refractivity (Wildman–Crippen MR) is 100 cm³/mol. The van der Waals surface area contributed by atoms with Crippen molar-refractivity contribution in [3.8, 4) is 6.07 Å². The Morgan fingerprint density at radius 2 is 1.96 bits per heavy atom. The molecule has 1 N–H and O–H groups in total. The van der Waals surface area contributed by atoms with Crippen molar-refractivity contribution in [1.82, 2.24) is 4.90 Å². The first-order chi connectivity index (χ1) is 10.8. The Morgan fingerprint density at radius 1 is 1.32 bits per heavy atom. The molecule has 0 saturated carbocycles. The molecule has 1 fully saturated rings. The highest BCUT2D eigenvalue weighted by Crippen LogP contribution is 2.26. The molecular formula is C16H20FN3O3S2. The Balaban J connectivity index is 0.00000288. The molecule has 136 valence electrons. The Bertz CT molecular complexity index is 721. The van der Waals surface area contributed by atoms with Gasteiger partial charge in [0.25, 0.3) is 5.91 Å². The van der Waals surface area contributed by atoms with E-state index in [4.69, 9.17) is 5.26 Å². The number of nitrogens with zero attached hydrogens (tertiary/aromatic N) is 2. The van der Waals surface area contributed by atoms with Crippen LogP contribution in [-0.4, -0.2) is 35.1 Å². The molecule has 9 heteroatoms. The molecule has 1 heterocycles. The lowest BCUT2D eigenvalue weighted by Gasteiger charge is -2.23. The summed E-state index contributed by atoms with van der Waals surface area (Å²) in [6.45, 7) is 3.25. The first kappa shape index (κ1) is 22.9. The number of ketones is 1. The second-order valence-corrected chi connectivity index (χ2v) is 5.49. The maximum atomic E-state index is 13.3. The van der Waals surface area contributed by atoms with Gasteiger partial charge in [-0.05, 0) is 31.5 Å². The number of amides is 2.